The van der Waals surface area contributed by atoms with Crippen LogP contribution in [0.3, 0.4) is 0 Å². The Morgan fingerprint density at radius 1 is 1.56 bits per heavy atom. The number of hydrogen-bond donors (Lipinski definition) is 2. The van der Waals surface area contributed by atoms with Crippen molar-refractivity contribution in [2.45, 2.75) is 32.5 Å². The first-order valence-corrected chi connectivity index (χ1v) is 6.39. The number of ether oxygens (including phenoxy) is 1. The molecule has 1 heterocycles. The summed E-state index contributed by atoms with van der Waals surface area (Å²) in [6, 6.07) is 3.41. The van der Waals surface area contributed by atoms with Crippen LogP contribution in [0.1, 0.15) is 31.9 Å². The zero-order valence-corrected chi connectivity index (χ0v) is 11.1. The molecule has 1 unspecified atom stereocenters. The zero-order valence-electron chi connectivity index (χ0n) is 10.4. The fourth-order valence-electron chi connectivity index (χ4n) is 2.10. The van der Waals surface area contributed by atoms with Crippen LogP contribution in [0, 0.1) is 0 Å². The van der Waals surface area contributed by atoms with Gasteiger partial charge in [-0.3, -0.25) is 0 Å². The van der Waals surface area contributed by atoms with Crippen molar-refractivity contribution in [3.05, 3.63) is 22.7 Å². The SMILES string of the molecule is CC[C@H]1OB(O)c2c(OCC(C)O)ccc(Cl)c21. The van der Waals surface area contributed by atoms with Crippen LogP contribution in [0.25, 0.3) is 0 Å². The highest BCUT2D eigenvalue weighted by atomic mass is 35.5. The first kappa shape index (κ1) is 13.7. The van der Waals surface area contributed by atoms with Gasteiger partial charge in [0.25, 0.3) is 0 Å². The van der Waals surface area contributed by atoms with Gasteiger partial charge in [-0.2, -0.15) is 0 Å². The molecule has 0 aromatic heterocycles. The van der Waals surface area contributed by atoms with Crippen LogP contribution in [-0.4, -0.2) is 30.0 Å². The fourth-order valence-corrected chi connectivity index (χ4v) is 2.39. The fraction of sp³-hybridized carbons (Fsp3) is 0.500. The lowest BCUT2D eigenvalue weighted by Gasteiger charge is -2.14. The summed E-state index contributed by atoms with van der Waals surface area (Å²) >= 11 is 6.15. The van der Waals surface area contributed by atoms with E-state index in [0.717, 1.165) is 12.0 Å². The normalized spacial score (nSPS) is 19.8. The first-order chi connectivity index (χ1) is 8.54. The number of aliphatic hydroxyl groups excluding tert-OH is 1. The standard InChI is InChI=1S/C12H16BClO4/c1-3-9-11-8(14)4-5-10(17-6-7(2)15)12(11)13(16)18-9/h4-5,7,9,15-16H,3,6H2,1-2H3/t7?,9-/m1/s1. The van der Waals surface area contributed by atoms with Gasteiger partial charge in [-0.05, 0) is 25.5 Å². The largest absolute Gasteiger partial charge is 0.495 e. The molecule has 0 saturated carbocycles. The van der Waals surface area contributed by atoms with Gasteiger partial charge in [0, 0.05) is 16.0 Å². The van der Waals surface area contributed by atoms with E-state index in [1.165, 1.54) is 0 Å². The van der Waals surface area contributed by atoms with E-state index in [2.05, 4.69) is 0 Å². The number of benzene rings is 1. The van der Waals surface area contributed by atoms with Crippen molar-refractivity contribution in [3.8, 4) is 5.75 Å². The van der Waals surface area contributed by atoms with Crippen LogP contribution in [-0.2, 0) is 4.65 Å². The van der Waals surface area contributed by atoms with E-state index in [0.29, 0.717) is 16.2 Å². The monoisotopic (exact) mass is 270 g/mol. The summed E-state index contributed by atoms with van der Waals surface area (Å²) in [5.74, 6) is 0.513. The van der Waals surface area contributed by atoms with Gasteiger partial charge in [0.15, 0.2) is 0 Å². The van der Waals surface area contributed by atoms with E-state index in [-0.39, 0.29) is 12.7 Å². The minimum Gasteiger partial charge on any atom is -0.491 e. The van der Waals surface area contributed by atoms with E-state index in [9.17, 15) is 10.1 Å². The van der Waals surface area contributed by atoms with Gasteiger partial charge >= 0.3 is 7.12 Å². The lowest BCUT2D eigenvalue weighted by Crippen LogP contribution is -2.31. The van der Waals surface area contributed by atoms with Crippen molar-refractivity contribution in [2.24, 2.45) is 0 Å². The minimum atomic E-state index is -1.02. The summed E-state index contributed by atoms with van der Waals surface area (Å²) in [5, 5.41) is 19.7. The zero-order chi connectivity index (χ0) is 13.3. The molecule has 0 fully saturated rings. The third kappa shape index (κ3) is 2.49. The molecular formula is C12H16BClO4. The average molecular weight is 271 g/mol. The smallest absolute Gasteiger partial charge is 0.491 e. The van der Waals surface area contributed by atoms with Crippen molar-refractivity contribution < 1.29 is 19.5 Å². The Hall–Kier alpha value is -0.745. The maximum absolute atomic E-state index is 9.93. The van der Waals surface area contributed by atoms with Gasteiger partial charge in [-0.15, -0.1) is 0 Å². The highest BCUT2D eigenvalue weighted by molar-refractivity contribution is 6.63. The predicted molar refractivity (Wildman–Crippen MR) is 70.4 cm³/mol. The molecule has 0 saturated heterocycles. The second-order valence-corrected chi connectivity index (χ2v) is 4.83. The quantitative estimate of drug-likeness (QED) is 0.809. The first-order valence-electron chi connectivity index (χ1n) is 6.01. The summed E-state index contributed by atoms with van der Waals surface area (Å²) < 4.78 is 10.9. The van der Waals surface area contributed by atoms with E-state index in [4.69, 9.17) is 21.0 Å². The molecule has 2 atom stereocenters. The molecule has 1 aliphatic heterocycles. The maximum Gasteiger partial charge on any atom is 0.495 e. The van der Waals surface area contributed by atoms with Crippen LogP contribution in [0.5, 0.6) is 5.75 Å². The van der Waals surface area contributed by atoms with Crippen LogP contribution < -0.4 is 10.2 Å². The molecule has 4 nitrogen and oxygen atoms in total. The Labute approximate surface area is 112 Å². The Morgan fingerprint density at radius 2 is 2.28 bits per heavy atom. The highest BCUT2D eigenvalue weighted by Crippen LogP contribution is 2.35. The van der Waals surface area contributed by atoms with E-state index in [1.807, 2.05) is 6.92 Å². The summed E-state index contributed by atoms with van der Waals surface area (Å²) in [7, 11) is -1.02. The number of hydrogen-bond acceptors (Lipinski definition) is 4. The van der Waals surface area contributed by atoms with E-state index >= 15 is 0 Å². The molecule has 1 aromatic carbocycles. The molecule has 6 heteroatoms. The highest BCUT2D eigenvalue weighted by Gasteiger charge is 2.38. The topological polar surface area (TPSA) is 58.9 Å². The summed E-state index contributed by atoms with van der Waals surface area (Å²) in [6.07, 6.45) is -0.0562. The van der Waals surface area contributed by atoms with Crippen molar-refractivity contribution in [1.82, 2.24) is 0 Å². The van der Waals surface area contributed by atoms with E-state index in [1.54, 1.807) is 19.1 Å². The minimum absolute atomic E-state index is 0.164. The van der Waals surface area contributed by atoms with Crippen LogP contribution in [0.2, 0.25) is 5.02 Å². The predicted octanol–water partition coefficient (Wildman–Crippen LogP) is 1.27. The molecule has 0 spiro atoms. The number of aliphatic hydroxyl groups is 1. The van der Waals surface area contributed by atoms with Gasteiger partial charge < -0.3 is 19.5 Å². The molecule has 1 aromatic rings. The number of fused-ring (bicyclic) bond motifs is 1. The second kappa shape index (κ2) is 5.49. The second-order valence-electron chi connectivity index (χ2n) is 4.42. The Bertz CT molecular complexity index is 438. The number of halogens is 1. The third-order valence-electron chi connectivity index (χ3n) is 2.91. The van der Waals surface area contributed by atoms with Gasteiger partial charge in [-0.1, -0.05) is 18.5 Å². The van der Waals surface area contributed by atoms with Crippen molar-refractivity contribution in [1.29, 1.82) is 0 Å². The molecule has 0 bridgehead atoms. The van der Waals surface area contributed by atoms with Crippen LogP contribution in [0.4, 0.5) is 0 Å². The van der Waals surface area contributed by atoms with Crippen molar-refractivity contribution in [3.63, 3.8) is 0 Å². The Kier molecular flexibility index (Phi) is 4.17. The van der Waals surface area contributed by atoms with Gasteiger partial charge in [-0.25, -0.2) is 0 Å². The molecule has 18 heavy (non-hydrogen) atoms. The van der Waals surface area contributed by atoms with Crippen LogP contribution >= 0.6 is 11.6 Å². The summed E-state index contributed by atoms with van der Waals surface area (Å²) in [4.78, 5) is 0. The number of rotatable bonds is 4. The van der Waals surface area contributed by atoms with Gasteiger partial charge in [0.2, 0.25) is 0 Å². The molecule has 0 radical (unpaired) electrons. The lowest BCUT2D eigenvalue weighted by atomic mass is 9.78. The molecule has 2 rings (SSSR count). The maximum atomic E-state index is 9.93. The molecular weight excluding hydrogens is 254 g/mol. The molecule has 1 aliphatic rings. The molecule has 98 valence electrons. The molecule has 0 aliphatic carbocycles. The molecule has 2 N–H and O–H groups in total. The Balaban J connectivity index is 2.36. The molecule has 0 amide bonds. The van der Waals surface area contributed by atoms with Crippen LogP contribution in [0.15, 0.2) is 12.1 Å². The lowest BCUT2D eigenvalue weighted by molar-refractivity contribution is 0.123. The van der Waals surface area contributed by atoms with E-state index < -0.39 is 13.2 Å². The summed E-state index contributed by atoms with van der Waals surface area (Å²) in [5.41, 5.74) is 1.37. The summed E-state index contributed by atoms with van der Waals surface area (Å²) in [6.45, 7) is 3.77. The third-order valence-corrected chi connectivity index (χ3v) is 3.24. The van der Waals surface area contributed by atoms with Crippen molar-refractivity contribution >= 4 is 24.2 Å². The van der Waals surface area contributed by atoms with Crippen molar-refractivity contribution in [2.75, 3.05) is 6.61 Å². The average Bonchev–Trinajstić information content (AvgIpc) is 2.67. The Morgan fingerprint density at radius 3 is 2.89 bits per heavy atom. The van der Waals surface area contributed by atoms with Gasteiger partial charge in [0.1, 0.15) is 12.4 Å². The van der Waals surface area contributed by atoms with Gasteiger partial charge in [0.05, 0.1) is 12.2 Å².